The quantitative estimate of drug-likeness (QED) is 0.574. The van der Waals surface area contributed by atoms with Crippen molar-refractivity contribution in [3.63, 3.8) is 0 Å². The number of hydrogen-bond donors (Lipinski definition) is 0. The van der Waals surface area contributed by atoms with E-state index < -0.39 is 5.60 Å². The third kappa shape index (κ3) is 4.05. The van der Waals surface area contributed by atoms with Crippen molar-refractivity contribution in [1.29, 1.82) is 0 Å². The number of carbonyl (C=O) groups is 2. The van der Waals surface area contributed by atoms with Gasteiger partial charge in [0.15, 0.2) is 0 Å². The summed E-state index contributed by atoms with van der Waals surface area (Å²) in [6, 6.07) is 6.22. The molecule has 0 aromatic heterocycles. The van der Waals surface area contributed by atoms with Crippen molar-refractivity contribution < 1.29 is 19.1 Å². The van der Waals surface area contributed by atoms with Crippen molar-refractivity contribution in [1.82, 2.24) is 0 Å². The van der Waals surface area contributed by atoms with Gasteiger partial charge in [-0.15, -0.1) is 0 Å². The Balaban J connectivity index is 1.75. The Morgan fingerprint density at radius 3 is 2.64 bits per heavy atom. The predicted molar refractivity (Wildman–Crippen MR) is 95.7 cm³/mol. The first kappa shape index (κ1) is 18.0. The highest BCUT2D eigenvalue weighted by Crippen LogP contribution is 2.44. The standard InChI is InChI=1S/C21H28O4/c1-3-24-19-9-8-16(12-15(19)2)10-11-21(17-6-4-5-7-17)14-18(22)13-20(23)25-21/h8-9,12,17H,3-7,10-11,13-14H2,1-2H3. The van der Waals surface area contributed by atoms with Crippen molar-refractivity contribution in [3.05, 3.63) is 29.3 Å². The van der Waals surface area contributed by atoms with Crippen LogP contribution in [0, 0.1) is 12.8 Å². The van der Waals surface area contributed by atoms with Crippen LogP contribution in [-0.4, -0.2) is 24.0 Å². The summed E-state index contributed by atoms with van der Waals surface area (Å²) >= 11 is 0. The lowest BCUT2D eigenvalue weighted by Crippen LogP contribution is -2.48. The smallest absolute Gasteiger partial charge is 0.313 e. The average Bonchev–Trinajstić information content (AvgIpc) is 3.10. The van der Waals surface area contributed by atoms with Gasteiger partial charge in [0.1, 0.15) is 23.6 Å². The third-order valence-electron chi connectivity index (χ3n) is 5.63. The molecule has 0 N–H and O–H groups in total. The van der Waals surface area contributed by atoms with Crippen LogP contribution in [0.2, 0.25) is 0 Å². The predicted octanol–water partition coefficient (Wildman–Crippen LogP) is 4.16. The summed E-state index contributed by atoms with van der Waals surface area (Å²) in [5, 5.41) is 0. The first-order valence-corrected chi connectivity index (χ1v) is 9.48. The van der Waals surface area contributed by atoms with Crippen LogP contribution in [0.15, 0.2) is 18.2 Å². The second-order valence-electron chi connectivity index (χ2n) is 7.45. The molecule has 1 saturated carbocycles. The summed E-state index contributed by atoms with van der Waals surface area (Å²) in [5.74, 6) is 0.928. The first-order valence-electron chi connectivity index (χ1n) is 9.48. The van der Waals surface area contributed by atoms with E-state index >= 15 is 0 Å². The lowest BCUT2D eigenvalue weighted by Gasteiger charge is -2.41. The maximum absolute atomic E-state index is 12.1. The van der Waals surface area contributed by atoms with E-state index in [9.17, 15) is 9.59 Å². The van der Waals surface area contributed by atoms with Crippen molar-refractivity contribution >= 4 is 11.8 Å². The monoisotopic (exact) mass is 344 g/mol. The van der Waals surface area contributed by atoms with E-state index in [1.165, 1.54) is 18.4 Å². The van der Waals surface area contributed by atoms with E-state index in [-0.39, 0.29) is 18.2 Å². The number of benzene rings is 1. The number of carbonyl (C=O) groups excluding carboxylic acids is 2. The second-order valence-corrected chi connectivity index (χ2v) is 7.45. The van der Waals surface area contributed by atoms with Gasteiger partial charge in [-0.25, -0.2) is 0 Å². The van der Waals surface area contributed by atoms with E-state index in [0.29, 0.717) is 18.9 Å². The molecule has 1 saturated heterocycles. The van der Waals surface area contributed by atoms with Crippen molar-refractivity contribution in [2.24, 2.45) is 5.92 Å². The third-order valence-corrected chi connectivity index (χ3v) is 5.63. The van der Waals surface area contributed by atoms with Gasteiger partial charge in [0, 0.05) is 6.42 Å². The fourth-order valence-electron chi connectivity index (χ4n) is 4.42. The molecule has 0 amide bonds. The van der Waals surface area contributed by atoms with Crippen LogP contribution in [0.4, 0.5) is 0 Å². The van der Waals surface area contributed by atoms with Crippen LogP contribution in [0.3, 0.4) is 0 Å². The highest BCUT2D eigenvalue weighted by atomic mass is 16.6. The van der Waals surface area contributed by atoms with Crippen LogP contribution in [0.5, 0.6) is 5.75 Å². The molecule has 3 rings (SSSR count). The van der Waals surface area contributed by atoms with Gasteiger partial charge in [-0.2, -0.15) is 0 Å². The molecule has 1 aromatic carbocycles. The highest BCUT2D eigenvalue weighted by molar-refractivity contribution is 5.98. The fraction of sp³-hybridized carbons (Fsp3) is 0.619. The Morgan fingerprint density at radius 1 is 1.24 bits per heavy atom. The molecule has 25 heavy (non-hydrogen) atoms. The van der Waals surface area contributed by atoms with E-state index in [1.807, 2.05) is 19.9 Å². The maximum atomic E-state index is 12.1. The van der Waals surface area contributed by atoms with Gasteiger partial charge < -0.3 is 9.47 Å². The maximum Gasteiger partial charge on any atom is 0.313 e. The average molecular weight is 344 g/mol. The molecule has 2 aliphatic rings. The van der Waals surface area contributed by atoms with Crippen molar-refractivity contribution in [3.8, 4) is 5.75 Å². The summed E-state index contributed by atoms with van der Waals surface area (Å²) in [4.78, 5) is 24.1. The number of esters is 1. The molecule has 4 nitrogen and oxygen atoms in total. The molecule has 1 aromatic rings. The summed E-state index contributed by atoms with van der Waals surface area (Å²) in [6.45, 7) is 4.68. The van der Waals surface area contributed by atoms with E-state index in [2.05, 4.69) is 12.1 Å². The van der Waals surface area contributed by atoms with Gasteiger partial charge in [0.2, 0.25) is 0 Å². The van der Waals surface area contributed by atoms with Crippen molar-refractivity contribution in [2.45, 2.75) is 70.8 Å². The minimum Gasteiger partial charge on any atom is -0.494 e. The molecule has 0 radical (unpaired) electrons. The lowest BCUT2D eigenvalue weighted by atomic mass is 9.76. The van der Waals surface area contributed by atoms with Crippen LogP contribution in [-0.2, 0) is 20.7 Å². The molecule has 2 fully saturated rings. The fourth-order valence-corrected chi connectivity index (χ4v) is 4.42. The molecule has 0 bridgehead atoms. The summed E-state index contributed by atoms with van der Waals surface area (Å²) in [5.41, 5.74) is 1.73. The Kier molecular flexibility index (Phi) is 5.45. The SMILES string of the molecule is CCOc1ccc(CCC2(C3CCCC3)CC(=O)CC(=O)O2)cc1C. The lowest BCUT2D eigenvalue weighted by molar-refractivity contribution is -0.178. The minimum atomic E-state index is -0.588. The van der Waals surface area contributed by atoms with Crippen molar-refractivity contribution in [2.75, 3.05) is 6.61 Å². The molecule has 1 aliphatic heterocycles. The molecule has 1 unspecified atom stereocenters. The molecule has 1 heterocycles. The molecule has 1 aliphatic carbocycles. The van der Waals surface area contributed by atoms with Gasteiger partial charge in [-0.05, 0) is 62.6 Å². The van der Waals surface area contributed by atoms with Gasteiger partial charge in [0.05, 0.1) is 6.61 Å². The molecule has 136 valence electrons. The summed E-state index contributed by atoms with van der Waals surface area (Å²) < 4.78 is 11.5. The molecule has 0 spiro atoms. The summed E-state index contributed by atoms with van der Waals surface area (Å²) in [7, 11) is 0. The number of hydrogen-bond acceptors (Lipinski definition) is 4. The van der Waals surface area contributed by atoms with Crippen LogP contribution < -0.4 is 4.74 Å². The van der Waals surface area contributed by atoms with Crippen LogP contribution in [0.1, 0.15) is 63.0 Å². The highest BCUT2D eigenvalue weighted by Gasteiger charge is 2.47. The zero-order valence-corrected chi connectivity index (χ0v) is 15.3. The number of ketones is 1. The molecular formula is C21H28O4. The first-order chi connectivity index (χ1) is 12.0. The van der Waals surface area contributed by atoms with Crippen LogP contribution >= 0.6 is 0 Å². The number of ether oxygens (including phenoxy) is 2. The topological polar surface area (TPSA) is 52.6 Å². The molecule has 4 heteroatoms. The van der Waals surface area contributed by atoms with Gasteiger partial charge in [-0.3, -0.25) is 9.59 Å². The Hall–Kier alpha value is -1.84. The Morgan fingerprint density at radius 2 is 2.00 bits per heavy atom. The minimum absolute atomic E-state index is 0.0334. The van der Waals surface area contributed by atoms with Gasteiger partial charge in [-0.1, -0.05) is 25.0 Å². The molecular weight excluding hydrogens is 316 g/mol. The largest absolute Gasteiger partial charge is 0.494 e. The van der Waals surface area contributed by atoms with Gasteiger partial charge >= 0.3 is 5.97 Å². The Labute approximate surface area is 149 Å². The summed E-state index contributed by atoms with van der Waals surface area (Å²) in [6.07, 6.45) is 6.31. The van der Waals surface area contributed by atoms with E-state index in [1.54, 1.807) is 0 Å². The Bertz CT molecular complexity index is 627. The zero-order valence-electron chi connectivity index (χ0n) is 15.3. The normalized spacial score (nSPS) is 24.4. The zero-order chi connectivity index (χ0) is 17.9. The van der Waals surface area contributed by atoms with Crippen LogP contribution in [0.25, 0.3) is 0 Å². The number of aryl methyl sites for hydroxylation is 2. The molecule has 1 atom stereocenters. The number of Topliss-reactive ketones (excluding diaryl/α,β-unsaturated/α-hetero) is 1. The van der Waals surface area contributed by atoms with E-state index in [0.717, 1.165) is 37.0 Å². The second kappa shape index (κ2) is 7.59. The van der Waals surface area contributed by atoms with E-state index in [4.69, 9.17) is 9.47 Å². The number of rotatable bonds is 6. The number of cyclic esters (lactones) is 1. The van der Waals surface area contributed by atoms with Gasteiger partial charge in [0.25, 0.3) is 0 Å².